The minimum Gasteiger partial charge on any atom is -0.447 e. The van der Waals surface area contributed by atoms with E-state index in [1.54, 1.807) is 12.1 Å². The number of benzene rings is 1. The van der Waals surface area contributed by atoms with Gasteiger partial charge < -0.3 is 23.1 Å². The molecule has 0 spiro atoms. The van der Waals surface area contributed by atoms with Gasteiger partial charge in [-0.05, 0) is 48.4 Å². The van der Waals surface area contributed by atoms with E-state index in [4.69, 9.17) is 35.3 Å². The highest BCUT2D eigenvalue weighted by atomic mass is 32.1. The fourth-order valence-corrected chi connectivity index (χ4v) is 6.21. The van der Waals surface area contributed by atoms with E-state index in [0.29, 0.717) is 5.75 Å². The van der Waals surface area contributed by atoms with Gasteiger partial charge in [0.2, 0.25) is 0 Å². The molecule has 1 N–H and O–H groups in total. The lowest BCUT2D eigenvalue weighted by Gasteiger charge is -2.40. The van der Waals surface area contributed by atoms with Crippen molar-refractivity contribution in [1.29, 1.82) is 0 Å². The lowest BCUT2D eigenvalue weighted by Crippen LogP contribution is -2.51. The lowest BCUT2D eigenvalue weighted by atomic mass is 10.1. The SMILES string of the molecule is CC(C)(C)[Si](C)(C)OC[C@H]1O[C@@H](n2ccc(=O)[nH]c2=O)[C@H](O[Si](C)(C)C(C)(C)C)[C@@H]1OC(=S)Oc1ccccc1. The second kappa shape index (κ2) is 12.0. The van der Waals surface area contributed by atoms with Crippen LogP contribution >= 0.6 is 12.2 Å². The van der Waals surface area contributed by atoms with Crippen molar-refractivity contribution in [1.82, 2.24) is 9.55 Å². The number of aromatic amines is 1. The zero-order valence-electron chi connectivity index (χ0n) is 25.3. The molecule has 1 aromatic heterocycles. The van der Waals surface area contributed by atoms with Crippen molar-refractivity contribution in [3.05, 3.63) is 63.4 Å². The smallest absolute Gasteiger partial charge is 0.358 e. The van der Waals surface area contributed by atoms with Gasteiger partial charge in [-0.2, -0.15) is 0 Å². The first-order valence-corrected chi connectivity index (χ1v) is 19.8. The van der Waals surface area contributed by atoms with Crippen molar-refractivity contribution in [2.24, 2.45) is 0 Å². The molecule has 0 unspecified atom stereocenters. The molecule has 0 aliphatic carbocycles. The molecule has 1 fully saturated rings. The van der Waals surface area contributed by atoms with Crippen LogP contribution in [-0.4, -0.2) is 56.3 Å². The molecule has 1 aliphatic heterocycles. The van der Waals surface area contributed by atoms with E-state index < -0.39 is 52.4 Å². The second-order valence-corrected chi connectivity index (χ2v) is 23.1. The molecule has 2 heterocycles. The molecule has 12 heteroatoms. The summed E-state index contributed by atoms with van der Waals surface area (Å²) in [6, 6.07) is 10.4. The first kappa shape index (κ1) is 32.4. The van der Waals surface area contributed by atoms with Crippen LogP contribution < -0.4 is 16.0 Å². The van der Waals surface area contributed by atoms with Crippen LogP contribution in [0.1, 0.15) is 47.8 Å². The maximum atomic E-state index is 12.9. The maximum absolute atomic E-state index is 12.9. The van der Waals surface area contributed by atoms with E-state index >= 15 is 0 Å². The summed E-state index contributed by atoms with van der Waals surface area (Å²) in [7, 11) is -4.59. The number of thiocarbonyl (C=S) groups is 1. The molecule has 0 radical (unpaired) electrons. The number of nitrogens with zero attached hydrogens (tertiary/aromatic N) is 1. The van der Waals surface area contributed by atoms with Gasteiger partial charge in [0.15, 0.2) is 29.0 Å². The molecular formula is C28H44N2O7SSi2. The maximum Gasteiger partial charge on any atom is 0.358 e. The molecule has 222 valence electrons. The highest BCUT2D eigenvalue weighted by Crippen LogP contribution is 2.43. The van der Waals surface area contributed by atoms with Crippen LogP contribution in [0.3, 0.4) is 0 Å². The Labute approximate surface area is 244 Å². The molecule has 1 aromatic carbocycles. The van der Waals surface area contributed by atoms with Crippen LogP contribution in [0, 0.1) is 0 Å². The van der Waals surface area contributed by atoms with Crippen LogP contribution in [0.2, 0.25) is 36.3 Å². The Balaban J connectivity index is 2.04. The highest BCUT2D eigenvalue weighted by molar-refractivity contribution is 7.79. The number of para-hydroxylation sites is 1. The molecule has 1 aliphatic rings. The van der Waals surface area contributed by atoms with Crippen molar-refractivity contribution in [2.45, 2.75) is 102 Å². The number of hydrogen-bond acceptors (Lipinski definition) is 8. The Morgan fingerprint density at radius 1 is 0.950 bits per heavy atom. The molecule has 0 saturated carbocycles. The molecule has 4 atom stereocenters. The summed E-state index contributed by atoms with van der Waals surface area (Å²) in [4.78, 5) is 27.1. The third-order valence-electron chi connectivity index (χ3n) is 8.24. The van der Waals surface area contributed by atoms with E-state index in [1.807, 2.05) is 18.2 Å². The minimum absolute atomic E-state index is 0.0278. The van der Waals surface area contributed by atoms with Crippen molar-refractivity contribution in [2.75, 3.05) is 6.61 Å². The summed E-state index contributed by atoms with van der Waals surface area (Å²) in [6.45, 7) is 21.7. The molecule has 9 nitrogen and oxygen atoms in total. The first-order valence-electron chi connectivity index (χ1n) is 13.5. The Bertz CT molecular complexity index is 1280. The zero-order valence-corrected chi connectivity index (χ0v) is 28.1. The fourth-order valence-electron chi connectivity index (χ4n) is 3.71. The molecule has 1 saturated heterocycles. The van der Waals surface area contributed by atoms with Crippen LogP contribution in [0.4, 0.5) is 0 Å². The average molecular weight is 609 g/mol. The predicted molar refractivity (Wildman–Crippen MR) is 165 cm³/mol. The summed E-state index contributed by atoms with van der Waals surface area (Å²) in [5, 5.41) is -0.259. The number of H-pyrrole nitrogens is 1. The summed E-state index contributed by atoms with van der Waals surface area (Å²) in [5.74, 6) is 0.538. The third-order valence-corrected chi connectivity index (χ3v) is 17.4. The Morgan fingerprint density at radius 2 is 1.55 bits per heavy atom. The van der Waals surface area contributed by atoms with Gasteiger partial charge in [-0.15, -0.1) is 0 Å². The number of aromatic nitrogens is 2. The van der Waals surface area contributed by atoms with Gasteiger partial charge in [-0.1, -0.05) is 59.7 Å². The predicted octanol–water partition coefficient (Wildman–Crippen LogP) is 5.60. The average Bonchev–Trinajstić information content (AvgIpc) is 3.13. The Kier molecular flexibility index (Phi) is 9.74. The van der Waals surface area contributed by atoms with Gasteiger partial charge in [-0.3, -0.25) is 14.3 Å². The minimum atomic E-state index is -2.42. The van der Waals surface area contributed by atoms with E-state index in [9.17, 15) is 9.59 Å². The highest BCUT2D eigenvalue weighted by Gasteiger charge is 2.53. The number of rotatable bonds is 8. The van der Waals surface area contributed by atoms with Gasteiger partial charge >= 0.3 is 10.9 Å². The summed E-state index contributed by atoms with van der Waals surface area (Å²) >= 11 is 5.52. The molecule has 2 aromatic rings. The lowest BCUT2D eigenvalue weighted by molar-refractivity contribution is -0.0513. The van der Waals surface area contributed by atoms with Crippen LogP contribution in [-0.2, 0) is 18.3 Å². The van der Waals surface area contributed by atoms with E-state index in [2.05, 4.69) is 72.7 Å². The second-order valence-electron chi connectivity index (χ2n) is 13.2. The largest absolute Gasteiger partial charge is 0.447 e. The molecule has 40 heavy (non-hydrogen) atoms. The van der Waals surface area contributed by atoms with Gasteiger partial charge in [0.25, 0.3) is 5.56 Å². The Morgan fingerprint density at radius 3 is 2.10 bits per heavy atom. The number of nitrogens with one attached hydrogen (secondary N) is 1. The van der Waals surface area contributed by atoms with Gasteiger partial charge in [0.1, 0.15) is 18.0 Å². The topological polar surface area (TPSA) is 101 Å². The van der Waals surface area contributed by atoms with Gasteiger partial charge in [0, 0.05) is 24.5 Å². The normalized spacial score (nSPS) is 22.2. The quantitative estimate of drug-likeness (QED) is 0.306. The van der Waals surface area contributed by atoms with Crippen molar-refractivity contribution >= 4 is 34.1 Å². The van der Waals surface area contributed by atoms with E-state index in [0.717, 1.165) is 0 Å². The zero-order chi connectivity index (χ0) is 30.1. The number of hydrogen-bond donors (Lipinski definition) is 1. The van der Waals surface area contributed by atoms with E-state index in [-0.39, 0.29) is 21.9 Å². The van der Waals surface area contributed by atoms with Gasteiger partial charge in [0.05, 0.1) is 6.61 Å². The van der Waals surface area contributed by atoms with Crippen LogP contribution in [0.25, 0.3) is 0 Å². The summed E-state index contributed by atoms with van der Waals surface area (Å²) < 4.78 is 33.4. The van der Waals surface area contributed by atoms with Crippen molar-refractivity contribution in [3.63, 3.8) is 0 Å². The van der Waals surface area contributed by atoms with Crippen LogP contribution in [0.15, 0.2) is 52.2 Å². The molecular weight excluding hydrogens is 565 g/mol. The standard InChI is InChI=1S/C28H44N2O7SSi2/c1-27(2,3)39(7,8)33-18-20-22(36-26(38)34-19-14-12-11-13-15-19)23(37-40(9,10)28(4,5)6)24(35-20)30-17-16-21(31)29-25(30)32/h11-17,20,22-24H,18H2,1-10H3,(H,29,31,32)/t20-,22-,23-,24-/m1/s1. The molecule has 0 bridgehead atoms. The molecule has 0 amide bonds. The molecule has 3 rings (SSSR count). The van der Waals surface area contributed by atoms with Crippen molar-refractivity contribution in [3.8, 4) is 5.75 Å². The third kappa shape index (κ3) is 7.59. The van der Waals surface area contributed by atoms with Crippen molar-refractivity contribution < 1.29 is 23.1 Å². The van der Waals surface area contributed by atoms with E-state index in [1.165, 1.54) is 16.8 Å². The summed E-state index contributed by atoms with van der Waals surface area (Å²) in [6.07, 6.45) is -1.60. The fraction of sp³-hybridized carbons (Fsp3) is 0.607. The van der Waals surface area contributed by atoms with Gasteiger partial charge in [-0.25, -0.2) is 4.79 Å². The number of ether oxygens (including phenoxy) is 3. The monoisotopic (exact) mass is 608 g/mol. The van der Waals surface area contributed by atoms with Crippen LogP contribution in [0.5, 0.6) is 5.75 Å². The summed E-state index contributed by atoms with van der Waals surface area (Å²) in [5.41, 5.74) is -1.10. The first-order chi connectivity index (χ1) is 18.3. The Hall–Kier alpha value is -2.10.